The van der Waals surface area contributed by atoms with Gasteiger partial charge in [-0.25, -0.2) is 22.0 Å². The molecular formula is C30H19F5O. The molecule has 0 N–H and O–H groups in total. The van der Waals surface area contributed by atoms with Gasteiger partial charge in [0.25, 0.3) is 0 Å². The summed E-state index contributed by atoms with van der Waals surface area (Å²) < 4.78 is 74.7. The van der Waals surface area contributed by atoms with Crippen LogP contribution >= 0.6 is 0 Å². The number of hydrogen-bond donors (Lipinski definition) is 0. The molecule has 0 aliphatic heterocycles. The fraction of sp³-hybridized carbons (Fsp3) is 0.133. The summed E-state index contributed by atoms with van der Waals surface area (Å²) in [6, 6.07) is 14.0. The number of aryl methyl sites for hydroxylation is 1. The van der Waals surface area contributed by atoms with Crippen molar-refractivity contribution in [2.75, 3.05) is 13.7 Å². The summed E-state index contributed by atoms with van der Waals surface area (Å²) in [6.07, 6.45) is 1.48. The van der Waals surface area contributed by atoms with Gasteiger partial charge in [0.1, 0.15) is 11.6 Å². The van der Waals surface area contributed by atoms with Crippen molar-refractivity contribution in [1.82, 2.24) is 0 Å². The first-order chi connectivity index (χ1) is 17.4. The minimum absolute atomic E-state index is 0.0780. The van der Waals surface area contributed by atoms with Crippen LogP contribution < -0.4 is 0 Å². The van der Waals surface area contributed by atoms with E-state index < -0.39 is 29.1 Å². The maximum absolute atomic E-state index is 14.6. The number of halogens is 5. The van der Waals surface area contributed by atoms with Crippen LogP contribution in [0.25, 0.3) is 10.8 Å². The molecule has 4 aromatic rings. The van der Waals surface area contributed by atoms with E-state index in [-0.39, 0.29) is 21.9 Å². The lowest BCUT2D eigenvalue weighted by Crippen LogP contribution is -1.94. The van der Waals surface area contributed by atoms with Gasteiger partial charge in [0.2, 0.25) is 0 Å². The SMILES string of the molecule is COCCCc1ccc(C#Cc2ccc(C#Cc3ccc4c(F)c(F)c(F)cc4c3)c(F)c2)c(F)c1. The van der Waals surface area contributed by atoms with E-state index in [9.17, 15) is 22.0 Å². The average Bonchev–Trinajstić information content (AvgIpc) is 2.86. The molecule has 6 heteroatoms. The van der Waals surface area contributed by atoms with Gasteiger partial charge < -0.3 is 4.74 Å². The molecule has 0 fully saturated rings. The van der Waals surface area contributed by atoms with Crippen molar-refractivity contribution < 1.29 is 26.7 Å². The second-order valence-electron chi connectivity index (χ2n) is 8.03. The van der Waals surface area contributed by atoms with Crippen LogP contribution in [0.4, 0.5) is 22.0 Å². The van der Waals surface area contributed by atoms with Crippen molar-refractivity contribution in [3.8, 4) is 23.7 Å². The second kappa shape index (κ2) is 11.1. The fourth-order valence-corrected chi connectivity index (χ4v) is 3.59. The molecule has 0 aliphatic rings. The van der Waals surface area contributed by atoms with Gasteiger partial charge in [-0.15, -0.1) is 0 Å². The van der Waals surface area contributed by atoms with Crippen LogP contribution in [0, 0.1) is 52.8 Å². The zero-order valence-electron chi connectivity index (χ0n) is 19.2. The molecule has 0 spiro atoms. The number of benzene rings is 4. The molecule has 0 saturated carbocycles. The van der Waals surface area contributed by atoms with E-state index in [1.54, 1.807) is 25.3 Å². The first-order valence-corrected chi connectivity index (χ1v) is 11.0. The molecule has 0 unspecified atom stereocenters. The van der Waals surface area contributed by atoms with Crippen LogP contribution in [0.1, 0.15) is 34.2 Å². The standard InChI is InChI=1S/C30H19F5O/c1-36-14-2-3-19-4-9-22(26(31)16-19)11-6-21-7-12-23(27(32)17-21)10-5-20-8-13-25-24(15-20)18-28(33)30(35)29(25)34/h4,7-9,12-13,15-18H,2-3,14H2,1H3. The first-order valence-electron chi connectivity index (χ1n) is 11.0. The largest absolute Gasteiger partial charge is 0.385 e. The third-order valence-corrected chi connectivity index (χ3v) is 5.47. The van der Waals surface area contributed by atoms with Crippen LogP contribution in [0.3, 0.4) is 0 Å². The highest BCUT2D eigenvalue weighted by molar-refractivity contribution is 5.84. The minimum atomic E-state index is -1.54. The fourth-order valence-electron chi connectivity index (χ4n) is 3.59. The smallest absolute Gasteiger partial charge is 0.195 e. The number of hydrogen-bond acceptors (Lipinski definition) is 1. The average molecular weight is 490 g/mol. The lowest BCUT2D eigenvalue weighted by molar-refractivity contribution is 0.195. The molecule has 1 nitrogen and oxygen atoms in total. The van der Waals surface area contributed by atoms with E-state index >= 15 is 0 Å². The summed E-state index contributed by atoms with van der Waals surface area (Å²) in [4.78, 5) is 0. The number of methoxy groups -OCH3 is 1. The molecule has 0 atom stereocenters. The van der Waals surface area contributed by atoms with E-state index in [2.05, 4.69) is 23.7 Å². The van der Waals surface area contributed by atoms with Crippen molar-refractivity contribution in [2.24, 2.45) is 0 Å². The number of rotatable bonds is 4. The summed E-state index contributed by atoms with van der Waals surface area (Å²) in [7, 11) is 1.61. The zero-order valence-corrected chi connectivity index (χ0v) is 19.2. The van der Waals surface area contributed by atoms with Crippen LogP contribution in [0.5, 0.6) is 0 Å². The van der Waals surface area contributed by atoms with E-state index in [0.717, 1.165) is 18.1 Å². The van der Waals surface area contributed by atoms with Gasteiger partial charge in [0.15, 0.2) is 17.5 Å². The van der Waals surface area contributed by atoms with Crippen LogP contribution in [-0.2, 0) is 11.2 Å². The van der Waals surface area contributed by atoms with Crippen molar-refractivity contribution in [3.05, 3.63) is 118 Å². The lowest BCUT2D eigenvalue weighted by atomic mass is 10.1. The molecule has 36 heavy (non-hydrogen) atoms. The van der Waals surface area contributed by atoms with Gasteiger partial charge in [-0.3, -0.25) is 0 Å². The molecular weight excluding hydrogens is 471 g/mol. The van der Waals surface area contributed by atoms with E-state index in [1.807, 2.05) is 0 Å². The monoisotopic (exact) mass is 490 g/mol. The molecule has 0 saturated heterocycles. The summed E-state index contributed by atoms with van der Waals surface area (Å²) in [5.74, 6) is 5.69. The van der Waals surface area contributed by atoms with Gasteiger partial charge >= 0.3 is 0 Å². The maximum Gasteiger partial charge on any atom is 0.195 e. The summed E-state index contributed by atoms with van der Waals surface area (Å²) in [5, 5.41) is 0.0604. The zero-order chi connectivity index (χ0) is 25.7. The Labute approximate surface area is 205 Å². The van der Waals surface area contributed by atoms with Gasteiger partial charge in [0, 0.05) is 30.2 Å². The normalized spacial score (nSPS) is 10.5. The van der Waals surface area contributed by atoms with E-state index in [4.69, 9.17) is 4.74 Å². The Bertz CT molecular complexity index is 1570. The second-order valence-corrected chi connectivity index (χ2v) is 8.03. The van der Waals surface area contributed by atoms with Crippen LogP contribution in [0.15, 0.2) is 60.7 Å². The van der Waals surface area contributed by atoms with E-state index in [1.165, 1.54) is 36.4 Å². The van der Waals surface area contributed by atoms with Gasteiger partial charge in [-0.1, -0.05) is 35.8 Å². The molecule has 4 rings (SSSR count). The molecule has 4 aromatic carbocycles. The highest BCUT2D eigenvalue weighted by Crippen LogP contribution is 2.24. The highest BCUT2D eigenvalue weighted by atomic mass is 19.2. The van der Waals surface area contributed by atoms with E-state index in [0.29, 0.717) is 24.2 Å². The van der Waals surface area contributed by atoms with Crippen molar-refractivity contribution in [1.29, 1.82) is 0 Å². The molecule has 0 aromatic heterocycles. The Morgan fingerprint density at radius 2 is 1.28 bits per heavy atom. The predicted octanol–water partition coefficient (Wildman–Crippen LogP) is 6.91. The maximum atomic E-state index is 14.6. The molecule has 180 valence electrons. The Hall–Kier alpha value is -4.13. The van der Waals surface area contributed by atoms with Crippen LogP contribution in [-0.4, -0.2) is 13.7 Å². The molecule has 0 radical (unpaired) electrons. The topological polar surface area (TPSA) is 9.23 Å². The summed E-state index contributed by atoms with van der Waals surface area (Å²) >= 11 is 0. The van der Waals surface area contributed by atoms with Gasteiger partial charge in [0.05, 0.1) is 11.1 Å². The van der Waals surface area contributed by atoms with Crippen molar-refractivity contribution in [3.63, 3.8) is 0 Å². The molecule has 0 heterocycles. The Morgan fingerprint density at radius 1 is 0.639 bits per heavy atom. The third-order valence-electron chi connectivity index (χ3n) is 5.47. The van der Waals surface area contributed by atoms with Gasteiger partial charge in [-0.2, -0.15) is 0 Å². The quantitative estimate of drug-likeness (QED) is 0.131. The Morgan fingerprint density at radius 3 is 1.94 bits per heavy atom. The predicted molar refractivity (Wildman–Crippen MR) is 129 cm³/mol. The van der Waals surface area contributed by atoms with Crippen molar-refractivity contribution >= 4 is 10.8 Å². The molecule has 0 bridgehead atoms. The third kappa shape index (κ3) is 5.74. The molecule has 0 amide bonds. The minimum Gasteiger partial charge on any atom is -0.385 e. The summed E-state index contributed by atoms with van der Waals surface area (Å²) in [5.41, 5.74) is 1.86. The molecule has 0 aliphatic carbocycles. The summed E-state index contributed by atoms with van der Waals surface area (Å²) in [6.45, 7) is 0.596. The Kier molecular flexibility index (Phi) is 7.68. The lowest BCUT2D eigenvalue weighted by Gasteiger charge is -2.03. The number of fused-ring (bicyclic) bond motifs is 1. The highest BCUT2D eigenvalue weighted by Gasteiger charge is 2.13. The van der Waals surface area contributed by atoms with Crippen LogP contribution in [0.2, 0.25) is 0 Å². The van der Waals surface area contributed by atoms with Gasteiger partial charge in [-0.05, 0) is 72.3 Å². The Balaban J connectivity index is 1.51. The number of ether oxygens (including phenoxy) is 1. The van der Waals surface area contributed by atoms with Crippen molar-refractivity contribution in [2.45, 2.75) is 12.8 Å². The first kappa shape index (κ1) is 25.0.